The van der Waals surface area contributed by atoms with E-state index in [1.807, 2.05) is 61.3 Å². The molecular formula is C35H29BrN6O4. The lowest BCUT2D eigenvalue weighted by atomic mass is 9.92. The van der Waals surface area contributed by atoms with E-state index in [1.165, 1.54) is 4.90 Å². The number of aryl methyl sites for hydroxylation is 2. The average Bonchev–Trinajstić information content (AvgIpc) is 3.54. The zero-order valence-corrected chi connectivity index (χ0v) is 26.9. The number of imide groups is 1. The van der Waals surface area contributed by atoms with Gasteiger partial charge in [0.2, 0.25) is 5.95 Å². The summed E-state index contributed by atoms with van der Waals surface area (Å²) in [6.45, 7) is 1.85. The molecule has 0 radical (unpaired) electrons. The zero-order valence-electron chi connectivity index (χ0n) is 25.3. The Labute approximate surface area is 273 Å². The largest absolute Gasteiger partial charge is 0.495 e. The number of benzene rings is 3. The lowest BCUT2D eigenvalue weighted by molar-refractivity contribution is 0.0923. The molecule has 3 aromatic carbocycles. The summed E-state index contributed by atoms with van der Waals surface area (Å²) in [6.07, 6.45) is 4.99. The molecule has 0 saturated carbocycles. The lowest BCUT2D eigenvalue weighted by Crippen LogP contribution is -2.33. The van der Waals surface area contributed by atoms with Gasteiger partial charge in [0, 0.05) is 23.9 Å². The maximum Gasteiger partial charge on any atom is 0.266 e. The predicted molar refractivity (Wildman–Crippen MR) is 178 cm³/mol. The second kappa shape index (κ2) is 11.6. The standard InChI is InChI=1S/C35H29BrN6O4/c1-19(22-8-6-7-11-28(22)42-33(44)24-9-4-5-10-25(24)34(42)45)38-32(43)26-18-41(2)31-23(26)14-12-20-17-37-35(40-30(20)31)39-27-15-13-21(36)16-29(27)46-3/h4-11,13,15-19H,12,14H2,1-3H3,(H,38,43)(H,37,39,40)/t19-/m0/s1. The fourth-order valence-electron chi connectivity index (χ4n) is 6.26. The first-order chi connectivity index (χ1) is 22.2. The number of nitrogens with one attached hydrogen (secondary N) is 2. The summed E-state index contributed by atoms with van der Waals surface area (Å²) in [6, 6.07) is 19.1. The van der Waals surface area contributed by atoms with Gasteiger partial charge in [-0.25, -0.2) is 14.9 Å². The number of methoxy groups -OCH3 is 1. The van der Waals surface area contributed by atoms with Crippen molar-refractivity contribution in [1.29, 1.82) is 0 Å². The molecule has 230 valence electrons. The fourth-order valence-corrected chi connectivity index (χ4v) is 6.60. The van der Waals surface area contributed by atoms with E-state index in [2.05, 4.69) is 31.5 Å². The van der Waals surface area contributed by atoms with E-state index < -0.39 is 6.04 Å². The van der Waals surface area contributed by atoms with Crippen molar-refractivity contribution in [1.82, 2.24) is 19.9 Å². The highest BCUT2D eigenvalue weighted by atomic mass is 79.9. The number of halogens is 1. The Morgan fingerprint density at radius 3 is 2.46 bits per heavy atom. The molecule has 46 heavy (non-hydrogen) atoms. The van der Waals surface area contributed by atoms with Crippen molar-refractivity contribution in [2.75, 3.05) is 17.3 Å². The van der Waals surface area contributed by atoms with Gasteiger partial charge < -0.3 is 19.9 Å². The molecule has 2 aromatic heterocycles. The molecule has 1 aliphatic carbocycles. The van der Waals surface area contributed by atoms with Crippen LogP contribution >= 0.6 is 15.9 Å². The molecule has 0 bridgehead atoms. The molecule has 11 heteroatoms. The number of para-hydroxylation sites is 1. The molecule has 2 aliphatic rings. The fraction of sp³-hybridized carbons (Fsp3) is 0.171. The maximum absolute atomic E-state index is 13.8. The van der Waals surface area contributed by atoms with E-state index in [9.17, 15) is 14.4 Å². The SMILES string of the molecule is COc1cc(Br)ccc1Nc1ncc2c(n1)-c1c(c(C(=O)N[C@@H](C)c3ccccc3N3C(=O)c4ccccc4C3=O)cn1C)CC2. The highest BCUT2D eigenvalue weighted by Gasteiger charge is 2.38. The Hall–Kier alpha value is -5.29. The number of ether oxygens (including phenoxy) is 1. The van der Waals surface area contributed by atoms with Crippen LogP contribution in [0, 0.1) is 0 Å². The van der Waals surface area contributed by atoms with Gasteiger partial charge in [0.1, 0.15) is 5.75 Å². The first-order valence-corrected chi connectivity index (χ1v) is 15.6. The Kier molecular flexibility index (Phi) is 7.40. The normalized spacial score (nSPS) is 14.0. The van der Waals surface area contributed by atoms with Crippen LogP contribution in [0.3, 0.4) is 0 Å². The molecule has 1 aliphatic heterocycles. The highest BCUT2D eigenvalue weighted by molar-refractivity contribution is 9.10. The van der Waals surface area contributed by atoms with Gasteiger partial charge in [-0.15, -0.1) is 0 Å². The number of hydrogen-bond acceptors (Lipinski definition) is 7. The summed E-state index contributed by atoms with van der Waals surface area (Å²) in [7, 11) is 3.51. The highest BCUT2D eigenvalue weighted by Crippen LogP contribution is 2.38. The van der Waals surface area contributed by atoms with Gasteiger partial charge in [-0.05, 0) is 72.9 Å². The minimum atomic E-state index is -0.501. The average molecular weight is 678 g/mol. The topological polar surface area (TPSA) is 118 Å². The monoisotopic (exact) mass is 676 g/mol. The lowest BCUT2D eigenvalue weighted by Gasteiger charge is -2.23. The summed E-state index contributed by atoms with van der Waals surface area (Å²) in [5.74, 6) is 0.0521. The summed E-state index contributed by atoms with van der Waals surface area (Å²) in [5.41, 5.74) is 6.65. The number of anilines is 3. The molecule has 3 heterocycles. The Morgan fingerprint density at radius 1 is 1.00 bits per heavy atom. The van der Waals surface area contributed by atoms with Crippen molar-refractivity contribution < 1.29 is 19.1 Å². The zero-order chi connectivity index (χ0) is 32.1. The number of amides is 3. The van der Waals surface area contributed by atoms with Gasteiger partial charge >= 0.3 is 0 Å². The number of rotatable bonds is 7. The van der Waals surface area contributed by atoms with Gasteiger partial charge in [0.05, 0.1) is 52.6 Å². The number of aromatic nitrogens is 3. The minimum Gasteiger partial charge on any atom is -0.495 e. The van der Waals surface area contributed by atoms with E-state index in [0.717, 1.165) is 32.7 Å². The summed E-state index contributed by atoms with van der Waals surface area (Å²) >= 11 is 3.47. The number of carbonyl (C=O) groups is 3. The van der Waals surface area contributed by atoms with Crippen LogP contribution in [-0.2, 0) is 19.9 Å². The van der Waals surface area contributed by atoms with Crippen LogP contribution in [0.15, 0.2) is 83.6 Å². The van der Waals surface area contributed by atoms with Crippen LogP contribution in [0.25, 0.3) is 11.4 Å². The van der Waals surface area contributed by atoms with Crippen molar-refractivity contribution in [3.05, 3.63) is 117 Å². The summed E-state index contributed by atoms with van der Waals surface area (Å²) in [4.78, 5) is 50.9. The Bertz CT molecular complexity index is 2040. The van der Waals surface area contributed by atoms with Crippen LogP contribution in [-0.4, -0.2) is 39.4 Å². The van der Waals surface area contributed by atoms with E-state index in [4.69, 9.17) is 9.72 Å². The molecular weight excluding hydrogens is 648 g/mol. The van der Waals surface area contributed by atoms with E-state index >= 15 is 0 Å². The predicted octanol–water partition coefficient (Wildman–Crippen LogP) is 6.39. The minimum absolute atomic E-state index is 0.253. The Morgan fingerprint density at radius 2 is 1.72 bits per heavy atom. The molecule has 0 unspecified atom stereocenters. The third-order valence-corrected chi connectivity index (χ3v) is 8.95. The van der Waals surface area contributed by atoms with E-state index in [0.29, 0.717) is 52.5 Å². The van der Waals surface area contributed by atoms with Crippen LogP contribution in [0.4, 0.5) is 17.3 Å². The van der Waals surface area contributed by atoms with Crippen molar-refractivity contribution >= 4 is 51.0 Å². The smallest absolute Gasteiger partial charge is 0.266 e. The van der Waals surface area contributed by atoms with Gasteiger partial charge in [0.25, 0.3) is 17.7 Å². The molecule has 10 nitrogen and oxygen atoms in total. The maximum atomic E-state index is 13.8. The van der Waals surface area contributed by atoms with Crippen molar-refractivity contribution in [3.8, 4) is 17.1 Å². The first-order valence-electron chi connectivity index (χ1n) is 14.8. The van der Waals surface area contributed by atoms with Gasteiger partial charge in [0.15, 0.2) is 0 Å². The van der Waals surface area contributed by atoms with Crippen molar-refractivity contribution in [2.24, 2.45) is 7.05 Å². The molecule has 3 amide bonds. The summed E-state index contributed by atoms with van der Waals surface area (Å²) < 4.78 is 8.33. The number of fused-ring (bicyclic) bond motifs is 4. The molecule has 2 N–H and O–H groups in total. The molecule has 0 spiro atoms. The third kappa shape index (κ3) is 4.93. The second-order valence-electron chi connectivity index (χ2n) is 11.3. The van der Waals surface area contributed by atoms with Crippen LogP contribution in [0.2, 0.25) is 0 Å². The molecule has 5 aromatic rings. The molecule has 0 saturated heterocycles. The van der Waals surface area contributed by atoms with E-state index in [1.54, 1.807) is 43.5 Å². The Balaban J connectivity index is 1.16. The van der Waals surface area contributed by atoms with E-state index in [-0.39, 0.29) is 17.7 Å². The second-order valence-corrected chi connectivity index (χ2v) is 12.2. The van der Waals surface area contributed by atoms with Gasteiger partial charge in [-0.1, -0.05) is 46.3 Å². The van der Waals surface area contributed by atoms with Crippen LogP contribution in [0.1, 0.15) is 60.7 Å². The van der Waals surface area contributed by atoms with Gasteiger partial charge in [-0.2, -0.15) is 0 Å². The molecule has 1 atom stereocenters. The van der Waals surface area contributed by atoms with Crippen LogP contribution < -0.4 is 20.3 Å². The van der Waals surface area contributed by atoms with Crippen LogP contribution in [0.5, 0.6) is 5.75 Å². The number of carbonyl (C=O) groups excluding carboxylic acids is 3. The van der Waals surface area contributed by atoms with Crippen molar-refractivity contribution in [2.45, 2.75) is 25.8 Å². The third-order valence-electron chi connectivity index (χ3n) is 8.46. The summed E-state index contributed by atoms with van der Waals surface area (Å²) in [5, 5.41) is 6.37. The first kappa shape index (κ1) is 29.4. The molecule has 0 fully saturated rings. The number of hydrogen-bond donors (Lipinski definition) is 2. The quantitative estimate of drug-likeness (QED) is 0.192. The molecule has 7 rings (SSSR count). The number of nitrogens with zero attached hydrogens (tertiary/aromatic N) is 4. The van der Waals surface area contributed by atoms with Crippen molar-refractivity contribution in [3.63, 3.8) is 0 Å². The van der Waals surface area contributed by atoms with Gasteiger partial charge in [-0.3, -0.25) is 14.4 Å².